The molecule has 0 bridgehead atoms. The highest BCUT2D eigenvalue weighted by Crippen LogP contribution is 2.21. The molecule has 5 nitrogen and oxygen atoms in total. The SMILES string of the molecule is Cc1ccc(C(=O)NC(CC(=O)N2CCNC(C)C2C)c2ccccc2)cc1. The van der Waals surface area contributed by atoms with Gasteiger partial charge in [-0.25, -0.2) is 0 Å². The third-order valence-corrected chi connectivity index (χ3v) is 5.55. The Morgan fingerprint density at radius 2 is 1.79 bits per heavy atom. The van der Waals surface area contributed by atoms with E-state index in [1.165, 1.54) is 0 Å². The average Bonchev–Trinajstić information content (AvgIpc) is 2.70. The topological polar surface area (TPSA) is 61.4 Å². The van der Waals surface area contributed by atoms with Crippen molar-refractivity contribution < 1.29 is 9.59 Å². The Morgan fingerprint density at radius 1 is 1.11 bits per heavy atom. The molecule has 1 heterocycles. The van der Waals surface area contributed by atoms with Gasteiger partial charge in [0.1, 0.15) is 0 Å². The van der Waals surface area contributed by atoms with Crippen molar-refractivity contribution in [1.29, 1.82) is 0 Å². The number of hydrogen-bond acceptors (Lipinski definition) is 3. The van der Waals surface area contributed by atoms with Crippen LogP contribution in [0.4, 0.5) is 0 Å². The first-order valence-electron chi connectivity index (χ1n) is 9.91. The molecule has 2 amide bonds. The molecule has 1 saturated heterocycles. The molecule has 148 valence electrons. The van der Waals surface area contributed by atoms with E-state index in [9.17, 15) is 9.59 Å². The van der Waals surface area contributed by atoms with Gasteiger partial charge in [-0.1, -0.05) is 48.0 Å². The molecule has 0 spiro atoms. The molecule has 0 saturated carbocycles. The zero-order valence-electron chi connectivity index (χ0n) is 16.8. The van der Waals surface area contributed by atoms with E-state index in [4.69, 9.17) is 0 Å². The summed E-state index contributed by atoms with van der Waals surface area (Å²) in [6.07, 6.45) is 0.249. The lowest BCUT2D eigenvalue weighted by atomic mass is 10.00. The maximum Gasteiger partial charge on any atom is 0.251 e. The van der Waals surface area contributed by atoms with E-state index in [-0.39, 0.29) is 36.4 Å². The van der Waals surface area contributed by atoms with Gasteiger partial charge in [0.25, 0.3) is 5.91 Å². The second-order valence-corrected chi connectivity index (χ2v) is 7.58. The van der Waals surface area contributed by atoms with Crippen molar-refractivity contribution in [2.75, 3.05) is 13.1 Å². The first-order chi connectivity index (χ1) is 13.5. The number of amides is 2. The van der Waals surface area contributed by atoms with Crippen LogP contribution < -0.4 is 10.6 Å². The maximum absolute atomic E-state index is 13.0. The van der Waals surface area contributed by atoms with Crippen molar-refractivity contribution in [3.05, 3.63) is 71.3 Å². The normalized spacial score (nSPS) is 20.5. The number of hydrogen-bond donors (Lipinski definition) is 2. The number of aryl methyl sites for hydroxylation is 1. The lowest BCUT2D eigenvalue weighted by Crippen LogP contribution is -2.57. The maximum atomic E-state index is 13.0. The molecule has 3 rings (SSSR count). The van der Waals surface area contributed by atoms with Gasteiger partial charge in [-0.05, 0) is 38.5 Å². The van der Waals surface area contributed by atoms with E-state index in [1.54, 1.807) is 0 Å². The highest BCUT2D eigenvalue weighted by Gasteiger charge is 2.30. The van der Waals surface area contributed by atoms with Crippen molar-refractivity contribution in [2.45, 2.75) is 45.3 Å². The van der Waals surface area contributed by atoms with Crippen LogP contribution in [0.25, 0.3) is 0 Å². The molecule has 1 aliphatic rings. The first-order valence-corrected chi connectivity index (χ1v) is 9.91. The molecule has 0 aliphatic carbocycles. The van der Waals surface area contributed by atoms with Crippen LogP contribution in [0.2, 0.25) is 0 Å². The minimum atomic E-state index is -0.361. The van der Waals surface area contributed by atoms with Gasteiger partial charge in [-0.2, -0.15) is 0 Å². The molecule has 2 aromatic rings. The number of rotatable bonds is 5. The molecule has 3 atom stereocenters. The third-order valence-electron chi connectivity index (χ3n) is 5.55. The van der Waals surface area contributed by atoms with Crippen LogP contribution in [-0.4, -0.2) is 41.9 Å². The molecule has 5 heteroatoms. The molecule has 0 radical (unpaired) electrons. The summed E-state index contributed by atoms with van der Waals surface area (Å²) in [6.45, 7) is 7.64. The van der Waals surface area contributed by atoms with E-state index in [2.05, 4.69) is 24.5 Å². The van der Waals surface area contributed by atoms with Gasteiger partial charge in [0.15, 0.2) is 0 Å². The minimum absolute atomic E-state index is 0.0684. The van der Waals surface area contributed by atoms with Crippen LogP contribution in [0.15, 0.2) is 54.6 Å². The molecule has 2 N–H and O–H groups in total. The van der Waals surface area contributed by atoms with Crippen molar-refractivity contribution in [3.8, 4) is 0 Å². The Morgan fingerprint density at radius 3 is 2.46 bits per heavy atom. The molecule has 0 aromatic heterocycles. The molecular weight excluding hydrogens is 350 g/mol. The van der Waals surface area contributed by atoms with E-state index in [0.29, 0.717) is 12.1 Å². The predicted molar refractivity (Wildman–Crippen MR) is 111 cm³/mol. The minimum Gasteiger partial charge on any atom is -0.345 e. The highest BCUT2D eigenvalue weighted by atomic mass is 16.2. The number of piperazine rings is 1. The van der Waals surface area contributed by atoms with Crippen molar-refractivity contribution in [2.24, 2.45) is 0 Å². The van der Waals surface area contributed by atoms with E-state index in [0.717, 1.165) is 17.7 Å². The van der Waals surface area contributed by atoms with Gasteiger partial charge in [0, 0.05) is 30.7 Å². The Hall–Kier alpha value is -2.66. The molecule has 28 heavy (non-hydrogen) atoms. The smallest absolute Gasteiger partial charge is 0.251 e. The van der Waals surface area contributed by atoms with E-state index >= 15 is 0 Å². The fourth-order valence-corrected chi connectivity index (χ4v) is 3.58. The summed E-state index contributed by atoms with van der Waals surface area (Å²) in [4.78, 5) is 27.7. The van der Waals surface area contributed by atoms with Crippen LogP contribution in [0.1, 0.15) is 47.8 Å². The van der Waals surface area contributed by atoms with Crippen molar-refractivity contribution in [3.63, 3.8) is 0 Å². The van der Waals surface area contributed by atoms with Crippen LogP contribution in [-0.2, 0) is 4.79 Å². The van der Waals surface area contributed by atoms with Gasteiger partial charge in [-0.3, -0.25) is 9.59 Å². The largest absolute Gasteiger partial charge is 0.345 e. The standard InChI is InChI=1S/C23H29N3O2/c1-16-9-11-20(12-10-16)23(28)25-21(19-7-5-4-6-8-19)15-22(27)26-14-13-24-17(2)18(26)3/h4-12,17-18,21,24H,13-15H2,1-3H3,(H,25,28). The fraction of sp³-hybridized carbons (Fsp3) is 0.391. The van der Waals surface area contributed by atoms with Crippen molar-refractivity contribution >= 4 is 11.8 Å². The molecular formula is C23H29N3O2. The van der Waals surface area contributed by atoms with Crippen molar-refractivity contribution in [1.82, 2.24) is 15.5 Å². The zero-order valence-corrected chi connectivity index (χ0v) is 16.8. The van der Waals surface area contributed by atoms with Gasteiger partial charge in [0.2, 0.25) is 5.91 Å². The van der Waals surface area contributed by atoms with E-state index in [1.807, 2.05) is 66.4 Å². The lowest BCUT2D eigenvalue weighted by molar-refractivity contribution is -0.135. The predicted octanol–water partition coefficient (Wildman–Crippen LogP) is 3.07. The fourth-order valence-electron chi connectivity index (χ4n) is 3.58. The average molecular weight is 380 g/mol. The Kier molecular flexibility index (Phi) is 6.47. The van der Waals surface area contributed by atoms with Crippen LogP contribution in [0.3, 0.4) is 0 Å². The van der Waals surface area contributed by atoms with Gasteiger partial charge in [0.05, 0.1) is 12.5 Å². The number of nitrogens with one attached hydrogen (secondary N) is 2. The summed E-state index contributed by atoms with van der Waals surface area (Å²) >= 11 is 0. The van der Waals surface area contributed by atoms with Gasteiger partial charge >= 0.3 is 0 Å². The third kappa shape index (κ3) is 4.78. The summed E-state index contributed by atoms with van der Waals surface area (Å²) < 4.78 is 0. The summed E-state index contributed by atoms with van der Waals surface area (Å²) in [5.41, 5.74) is 2.64. The Balaban J connectivity index is 1.76. The highest BCUT2D eigenvalue weighted by molar-refractivity contribution is 5.94. The van der Waals surface area contributed by atoms with Crippen LogP contribution >= 0.6 is 0 Å². The second-order valence-electron chi connectivity index (χ2n) is 7.58. The van der Waals surface area contributed by atoms with E-state index < -0.39 is 0 Å². The number of benzene rings is 2. The monoisotopic (exact) mass is 379 g/mol. The first kappa shape index (κ1) is 20.1. The number of carbonyl (C=O) groups excluding carboxylic acids is 2. The van der Waals surface area contributed by atoms with Crippen LogP contribution in [0.5, 0.6) is 0 Å². The Bertz CT molecular complexity index is 804. The molecule has 1 fully saturated rings. The zero-order chi connectivity index (χ0) is 20.1. The summed E-state index contributed by atoms with van der Waals surface area (Å²) in [5.74, 6) is -0.0951. The summed E-state index contributed by atoms with van der Waals surface area (Å²) in [5, 5.41) is 6.46. The lowest BCUT2D eigenvalue weighted by Gasteiger charge is -2.39. The molecule has 2 aromatic carbocycles. The molecule has 1 aliphatic heterocycles. The van der Waals surface area contributed by atoms with Gasteiger partial charge < -0.3 is 15.5 Å². The van der Waals surface area contributed by atoms with Gasteiger partial charge in [-0.15, -0.1) is 0 Å². The Labute approximate surface area is 167 Å². The number of carbonyl (C=O) groups is 2. The summed E-state index contributed by atoms with van der Waals surface area (Å²) in [6, 6.07) is 17.2. The summed E-state index contributed by atoms with van der Waals surface area (Å²) in [7, 11) is 0. The van der Waals surface area contributed by atoms with Crippen LogP contribution in [0, 0.1) is 6.92 Å². The quantitative estimate of drug-likeness (QED) is 0.839. The second kappa shape index (κ2) is 9.02. The molecule has 3 unspecified atom stereocenters. The number of nitrogens with zero attached hydrogens (tertiary/aromatic N) is 1.